The zero-order chi connectivity index (χ0) is 18.5. The molecule has 1 saturated carbocycles. The second-order valence-electron chi connectivity index (χ2n) is 7.50. The van der Waals surface area contributed by atoms with Gasteiger partial charge in [0.15, 0.2) is 5.69 Å². The Balaban J connectivity index is 1.28. The fraction of sp³-hybridized carbons (Fsp3) is 0.524. The molecule has 6 heteroatoms. The smallest absolute Gasteiger partial charge is 0.274 e. The third kappa shape index (κ3) is 4.50. The molecule has 1 aromatic carbocycles. The highest BCUT2D eigenvalue weighted by Gasteiger charge is 2.28. The molecule has 2 aromatic rings. The van der Waals surface area contributed by atoms with Crippen LogP contribution in [0.5, 0.6) is 5.75 Å². The molecule has 0 atom stereocenters. The highest BCUT2D eigenvalue weighted by Crippen LogP contribution is 2.23. The van der Waals surface area contributed by atoms with Crippen molar-refractivity contribution in [2.75, 3.05) is 26.2 Å². The molecule has 144 valence electrons. The van der Waals surface area contributed by atoms with Gasteiger partial charge >= 0.3 is 0 Å². The van der Waals surface area contributed by atoms with E-state index in [-0.39, 0.29) is 5.91 Å². The Labute approximate surface area is 160 Å². The van der Waals surface area contributed by atoms with Gasteiger partial charge in [0, 0.05) is 32.2 Å². The zero-order valence-corrected chi connectivity index (χ0v) is 15.8. The molecule has 6 nitrogen and oxygen atoms in total. The number of carbonyl (C=O) groups is 1. The second kappa shape index (κ2) is 8.57. The first kappa shape index (κ1) is 18.0. The Morgan fingerprint density at radius 3 is 2.56 bits per heavy atom. The van der Waals surface area contributed by atoms with Gasteiger partial charge in [0.2, 0.25) is 0 Å². The monoisotopic (exact) mass is 368 g/mol. The first-order valence-corrected chi connectivity index (χ1v) is 10.0. The molecule has 1 N–H and O–H groups in total. The van der Waals surface area contributed by atoms with E-state index < -0.39 is 0 Å². The first-order chi connectivity index (χ1) is 13.3. The van der Waals surface area contributed by atoms with Crippen LogP contribution in [0.15, 0.2) is 36.4 Å². The van der Waals surface area contributed by atoms with Crippen LogP contribution in [0.25, 0.3) is 0 Å². The summed E-state index contributed by atoms with van der Waals surface area (Å²) in [7, 11) is 0. The lowest BCUT2D eigenvalue weighted by Gasteiger charge is -2.40. The Hall–Kier alpha value is -2.34. The summed E-state index contributed by atoms with van der Waals surface area (Å²) in [4.78, 5) is 17.3. The number of ether oxygens (including phenoxy) is 1. The van der Waals surface area contributed by atoms with Crippen LogP contribution < -0.4 is 4.74 Å². The lowest BCUT2D eigenvalue weighted by atomic mass is 9.94. The van der Waals surface area contributed by atoms with Crippen molar-refractivity contribution in [3.63, 3.8) is 0 Å². The van der Waals surface area contributed by atoms with Gasteiger partial charge in [-0.3, -0.25) is 14.8 Å². The van der Waals surface area contributed by atoms with Crippen LogP contribution in [-0.4, -0.2) is 58.1 Å². The van der Waals surface area contributed by atoms with E-state index in [1.165, 1.54) is 32.1 Å². The minimum Gasteiger partial charge on any atom is -0.487 e. The van der Waals surface area contributed by atoms with E-state index in [4.69, 9.17) is 4.74 Å². The average Bonchev–Trinajstić information content (AvgIpc) is 3.22. The van der Waals surface area contributed by atoms with E-state index >= 15 is 0 Å². The number of benzene rings is 1. The Morgan fingerprint density at radius 1 is 1.07 bits per heavy atom. The number of nitrogens with one attached hydrogen (secondary N) is 1. The van der Waals surface area contributed by atoms with Crippen molar-refractivity contribution >= 4 is 5.91 Å². The van der Waals surface area contributed by atoms with Crippen molar-refractivity contribution < 1.29 is 9.53 Å². The molecule has 2 fully saturated rings. The van der Waals surface area contributed by atoms with Crippen LogP contribution in [-0.2, 0) is 6.61 Å². The normalized spacial score (nSPS) is 19.2. The van der Waals surface area contributed by atoms with Crippen molar-refractivity contribution in [2.45, 2.75) is 44.8 Å². The summed E-state index contributed by atoms with van der Waals surface area (Å²) < 4.78 is 5.71. The molecular formula is C21H28N4O2. The SMILES string of the molecule is O=C(c1cc(COc2ccccc2)[nH]n1)N1CCN(C2CCCCC2)CC1. The third-order valence-electron chi connectivity index (χ3n) is 5.68. The molecule has 0 spiro atoms. The maximum Gasteiger partial charge on any atom is 0.274 e. The van der Waals surface area contributed by atoms with E-state index in [1.54, 1.807) is 6.07 Å². The molecule has 1 amide bonds. The van der Waals surface area contributed by atoms with Crippen LogP contribution in [0.1, 0.15) is 48.3 Å². The molecule has 2 heterocycles. The van der Waals surface area contributed by atoms with Gasteiger partial charge in [-0.25, -0.2) is 0 Å². The van der Waals surface area contributed by atoms with E-state index in [1.807, 2.05) is 35.2 Å². The van der Waals surface area contributed by atoms with Gasteiger partial charge in [0.05, 0.1) is 5.69 Å². The molecule has 0 unspecified atom stereocenters. The number of nitrogens with zero attached hydrogens (tertiary/aromatic N) is 3. The molecule has 0 radical (unpaired) electrons. The van der Waals surface area contributed by atoms with Crippen LogP contribution >= 0.6 is 0 Å². The number of para-hydroxylation sites is 1. The van der Waals surface area contributed by atoms with Crippen molar-refractivity contribution in [3.05, 3.63) is 47.8 Å². The predicted molar refractivity (Wildman–Crippen MR) is 104 cm³/mol. The Morgan fingerprint density at radius 2 is 1.81 bits per heavy atom. The standard InChI is InChI=1S/C21H28N4O2/c26-21(25-13-11-24(12-14-25)18-7-3-1-4-8-18)20-15-17(22-23-20)16-27-19-9-5-2-6-10-19/h2,5-6,9-10,15,18H,1,3-4,7-8,11-14,16H2,(H,22,23). The van der Waals surface area contributed by atoms with E-state index in [2.05, 4.69) is 15.1 Å². The summed E-state index contributed by atoms with van der Waals surface area (Å²) in [5, 5.41) is 7.13. The largest absolute Gasteiger partial charge is 0.487 e. The average molecular weight is 368 g/mol. The predicted octanol–water partition coefficient (Wildman–Crippen LogP) is 3.08. The number of hydrogen-bond donors (Lipinski definition) is 1. The fourth-order valence-electron chi connectivity index (χ4n) is 4.12. The van der Waals surface area contributed by atoms with Crippen LogP contribution in [0.2, 0.25) is 0 Å². The maximum absolute atomic E-state index is 12.8. The van der Waals surface area contributed by atoms with Gasteiger partial charge in [-0.05, 0) is 31.0 Å². The first-order valence-electron chi connectivity index (χ1n) is 10.0. The number of amides is 1. The highest BCUT2D eigenvalue weighted by atomic mass is 16.5. The number of piperazine rings is 1. The van der Waals surface area contributed by atoms with Crippen LogP contribution in [0.3, 0.4) is 0 Å². The molecule has 0 bridgehead atoms. The van der Waals surface area contributed by atoms with Crippen LogP contribution in [0, 0.1) is 0 Å². The number of carbonyl (C=O) groups excluding carboxylic acids is 1. The molecule has 2 aliphatic rings. The van der Waals surface area contributed by atoms with Crippen LogP contribution in [0.4, 0.5) is 0 Å². The second-order valence-corrected chi connectivity index (χ2v) is 7.50. The minimum absolute atomic E-state index is 0.0144. The summed E-state index contributed by atoms with van der Waals surface area (Å²) in [6.45, 7) is 3.91. The lowest BCUT2D eigenvalue weighted by molar-refractivity contribution is 0.0518. The van der Waals surface area contributed by atoms with E-state index in [0.717, 1.165) is 43.7 Å². The Bertz CT molecular complexity index is 732. The molecule has 1 aliphatic heterocycles. The topological polar surface area (TPSA) is 61.5 Å². The highest BCUT2D eigenvalue weighted by molar-refractivity contribution is 5.92. The number of hydrogen-bond acceptors (Lipinski definition) is 4. The van der Waals surface area contributed by atoms with Crippen molar-refractivity contribution in [3.8, 4) is 5.75 Å². The summed E-state index contributed by atoms with van der Waals surface area (Å²) in [5.74, 6) is 0.819. The summed E-state index contributed by atoms with van der Waals surface area (Å²) in [6.07, 6.45) is 6.72. The fourth-order valence-corrected chi connectivity index (χ4v) is 4.12. The van der Waals surface area contributed by atoms with Crippen molar-refractivity contribution in [2.24, 2.45) is 0 Å². The number of aromatic nitrogens is 2. The van der Waals surface area contributed by atoms with Gasteiger partial charge < -0.3 is 9.64 Å². The van der Waals surface area contributed by atoms with Gasteiger partial charge in [0.25, 0.3) is 5.91 Å². The van der Waals surface area contributed by atoms with Gasteiger partial charge in [-0.15, -0.1) is 0 Å². The van der Waals surface area contributed by atoms with E-state index in [0.29, 0.717) is 12.3 Å². The molecule has 4 rings (SSSR count). The number of rotatable bonds is 5. The summed E-state index contributed by atoms with van der Waals surface area (Å²) >= 11 is 0. The molecule has 1 aromatic heterocycles. The van der Waals surface area contributed by atoms with Crippen molar-refractivity contribution in [1.29, 1.82) is 0 Å². The Kier molecular flexibility index (Phi) is 5.72. The third-order valence-corrected chi connectivity index (χ3v) is 5.68. The van der Waals surface area contributed by atoms with Crippen molar-refractivity contribution in [1.82, 2.24) is 20.0 Å². The quantitative estimate of drug-likeness (QED) is 0.881. The molecule has 1 aliphatic carbocycles. The van der Waals surface area contributed by atoms with Gasteiger partial charge in [-0.2, -0.15) is 5.10 Å². The zero-order valence-electron chi connectivity index (χ0n) is 15.8. The van der Waals surface area contributed by atoms with Gasteiger partial charge in [0.1, 0.15) is 12.4 Å². The van der Waals surface area contributed by atoms with E-state index in [9.17, 15) is 4.79 Å². The lowest BCUT2D eigenvalue weighted by Crippen LogP contribution is -2.52. The number of aromatic amines is 1. The molecule has 1 saturated heterocycles. The summed E-state index contributed by atoms with van der Waals surface area (Å²) in [6, 6.07) is 12.2. The minimum atomic E-state index is 0.0144. The molecular weight excluding hydrogens is 340 g/mol. The number of H-pyrrole nitrogens is 1. The maximum atomic E-state index is 12.8. The summed E-state index contributed by atoms with van der Waals surface area (Å²) in [5.41, 5.74) is 1.29. The van der Waals surface area contributed by atoms with Gasteiger partial charge in [-0.1, -0.05) is 37.5 Å². The molecule has 27 heavy (non-hydrogen) atoms.